The summed E-state index contributed by atoms with van der Waals surface area (Å²) >= 11 is 11.8. The van der Waals surface area contributed by atoms with Crippen LogP contribution in [0.2, 0.25) is 10.0 Å². The number of nitrogen functional groups attached to an aromatic ring is 1. The summed E-state index contributed by atoms with van der Waals surface area (Å²) in [5.74, 6) is -0.931. The number of rotatable bonds is 3. The molecule has 2 rings (SSSR count). The normalized spacial score (nSPS) is 10.3. The first-order valence-corrected chi connectivity index (χ1v) is 6.50. The molecule has 3 nitrogen and oxygen atoms in total. The van der Waals surface area contributed by atoms with Crippen LogP contribution in [0, 0.1) is 5.82 Å². The molecular weight excluding hydrogens is 302 g/mol. The lowest BCUT2D eigenvalue weighted by Gasteiger charge is -2.09. The molecule has 0 aliphatic rings. The van der Waals surface area contributed by atoms with Crippen LogP contribution in [0.25, 0.3) is 0 Å². The smallest absolute Gasteiger partial charge is 0.229 e. The maximum absolute atomic E-state index is 13.6. The molecule has 2 aromatic carbocycles. The molecule has 0 fully saturated rings. The van der Waals surface area contributed by atoms with Crippen LogP contribution in [0.5, 0.6) is 0 Å². The van der Waals surface area contributed by atoms with Gasteiger partial charge in [-0.05, 0) is 30.3 Å². The summed E-state index contributed by atoms with van der Waals surface area (Å²) in [5, 5.41) is 3.12. The van der Waals surface area contributed by atoms with Crippen molar-refractivity contribution >= 4 is 40.5 Å². The molecule has 0 aromatic heterocycles. The van der Waals surface area contributed by atoms with Crippen LogP contribution in [-0.2, 0) is 11.2 Å². The molecule has 1 amide bonds. The van der Waals surface area contributed by atoms with Gasteiger partial charge in [0.15, 0.2) is 0 Å². The van der Waals surface area contributed by atoms with E-state index in [9.17, 15) is 9.18 Å². The van der Waals surface area contributed by atoms with Crippen molar-refractivity contribution in [2.75, 3.05) is 11.1 Å². The Labute approximate surface area is 125 Å². The summed E-state index contributed by atoms with van der Waals surface area (Å²) in [4.78, 5) is 11.9. The third-order valence-corrected chi connectivity index (χ3v) is 3.33. The number of amides is 1. The fourth-order valence-corrected chi connectivity index (χ4v) is 2.15. The summed E-state index contributed by atoms with van der Waals surface area (Å²) in [7, 11) is 0. The van der Waals surface area contributed by atoms with Crippen LogP contribution < -0.4 is 11.1 Å². The van der Waals surface area contributed by atoms with Crippen LogP contribution >= 0.6 is 23.2 Å². The van der Waals surface area contributed by atoms with E-state index in [0.717, 1.165) is 0 Å². The van der Waals surface area contributed by atoms with Crippen molar-refractivity contribution < 1.29 is 9.18 Å². The summed E-state index contributed by atoms with van der Waals surface area (Å²) in [5.41, 5.74) is 6.61. The van der Waals surface area contributed by atoms with Gasteiger partial charge in [-0.3, -0.25) is 4.79 Å². The van der Waals surface area contributed by atoms with Crippen molar-refractivity contribution in [2.24, 2.45) is 0 Å². The first-order chi connectivity index (χ1) is 9.47. The highest BCUT2D eigenvalue weighted by molar-refractivity contribution is 6.34. The van der Waals surface area contributed by atoms with E-state index < -0.39 is 11.7 Å². The predicted octanol–water partition coefficient (Wildman–Crippen LogP) is 3.90. The first-order valence-electron chi connectivity index (χ1n) is 5.75. The van der Waals surface area contributed by atoms with Crippen LogP contribution in [0.1, 0.15) is 5.56 Å². The Morgan fingerprint density at radius 2 is 1.95 bits per heavy atom. The molecule has 0 heterocycles. The maximum Gasteiger partial charge on any atom is 0.229 e. The number of carbonyl (C=O) groups is 1. The summed E-state index contributed by atoms with van der Waals surface area (Å²) in [6.45, 7) is 0. The second kappa shape index (κ2) is 6.11. The Morgan fingerprint density at radius 1 is 1.20 bits per heavy atom. The summed E-state index contributed by atoms with van der Waals surface area (Å²) < 4.78 is 13.6. The lowest BCUT2D eigenvalue weighted by Crippen LogP contribution is -2.15. The van der Waals surface area contributed by atoms with E-state index >= 15 is 0 Å². The average molecular weight is 313 g/mol. The minimum absolute atomic E-state index is 0.151. The Kier molecular flexibility index (Phi) is 4.47. The SMILES string of the molecule is Nc1ccc(NC(=O)Cc2c(F)cccc2Cl)c(Cl)c1. The van der Waals surface area contributed by atoms with E-state index in [2.05, 4.69) is 5.32 Å². The van der Waals surface area contributed by atoms with E-state index in [4.69, 9.17) is 28.9 Å². The van der Waals surface area contributed by atoms with Gasteiger partial charge >= 0.3 is 0 Å². The minimum Gasteiger partial charge on any atom is -0.399 e. The molecule has 0 atom stereocenters. The Hall–Kier alpha value is -1.78. The van der Waals surface area contributed by atoms with Crippen LogP contribution in [-0.4, -0.2) is 5.91 Å². The molecule has 0 spiro atoms. The Balaban J connectivity index is 2.13. The number of hydrogen-bond donors (Lipinski definition) is 2. The van der Waals surface area contributed by atoms with Crippen molar-refractivity contribution in [2.45, 2.75) is 6.42 Å². The number of benzene rings is 2. The lowest BCUT2D eigenvalue weighted by atomic mass is 10.1. The molecule has 6 heteroatoms. The average Bonchev–Trinajstić information content (AvgIpc) is 2.37. The van der Waals surface area contributed by atoms with E-state index in [1.165, 1.54) is 24.3 Å². The molecule has 0 unspecified atom stereocenters. The minimum atomic E-state index is -0.518. The highest BCUT2D eigenvalue weighted by atomic mass is 35.5. The van der Waals surface area contributed by atoms with Gasteiger partial charge in [-0.15, -0.1) is 0 Å². The fourth-order valence-electron chi connectivity index (χ4n) is 1.69. The molecule has 0 aliphatic heterocycles. The molecule has 20 heavy (non-hydrogen) atoms. The molecule has 0 bridgehead atoms. The van der Waals surface area contributed by atoms with Crippen molar-refractivity contribution in [3.63, 3.8) is 0 Å². The van der Waals surface area contributed by atoms with Crippen LogP contribution in [0.3, 0.4) is 0 Å². The third kappa shape index (κ3) is 3.40. The van der Waals surface area contributed by atoms with Gasteiger partial charge in [-0.25, -0.2) is 4.39 Å². The Bertz CT molecular complexity index is 641. The zero-order valence-electron chi connectivity index (χ0n) is 10.3. The maximum atomic E-state index is 13.6. The molecule has 3 N–H and O–H groups in total. The van der Waals surface area contributed by atoms with Crippen molar-refractivity contribution in [1.29, 1.82) is 0 Å². The molecular formula is C14H11Cl2FN2O. The number of nitrogens with one attached hydrogen (secondary N) is 1. The molecule has 0 radical (unpaired) electrons. The van der Waals surface area contributed by atoms with Crippen molar-refractivity contribution in [1.82, 2.24) is 0 Å². The topological polar surface area (TPSA) is 55.1 Å². The second-order valence-electron chi connectivity index (χ2n) is 4.16. The van der Waals surface area contributed by atoms with Gasteiger partial charge in [0.1, 0.15) is 5.82 Å². The predicted molar refractivity (Wildman–Crippen MR) is 79.6 cm³/mol. The van der Waals surface area contributed by atoms with Gasteiger partial charge in [-0.2, -0.15) is 0 Å². The van der Waals surface area contributed by atoms with Gasteiger partial charge in [0, 0.05) is 16.3 Å². The highest BCUT2D eigenvalue weighted by Crippen LogP contribution is 2.25. The van der Waals surface area contributed by atoms with Gasteiger partial charge in [0.05, 0.1) is 17.1 Å². The van der Waals surface area contributed by atoms with E-state index in [0.29, 0.717) is 16.4 Å². The van der Waals surface area contributed by atoms with E-state index in [-0.39, 0.29) is 17.0 Å². The standard InChI is InChI=1S/C14H11Cl2FN2O/c15-10-2-1-3-12(17)9(10)7-14(20)19-13-5-4-8(18)6-11(13)16/h1-6H,7,18H2,(H,19,20). The Morgan fingerprint density at radius 3 is 2.60 bits per heavy atom. The van der Waals surface area contributed by atoms with Gasteiger partial charge in [-0.1, -0.05) is 29.3 Å². The molecule has 0 saturated heterocycles. The number of hydrogen-bond acceptors (Lipinski definition) is 2. The zero-order chi connectivity index (χ0) is 14.7. The summed E-state index contributed by atoms with van der Waals surface area (Å²) in [6.07, 6.45) is -0.174. The number of nitrogens with two attached hydrogens (primary N) is 1. The number of anilines is 2. The molecule has 0 aliphatic carbocycles. The molecule has 0 saturated carbocycles. The van der Waals surface area contributed by atoms with Crippen molar-refractivity contribution in [3.05, 3.63) is 57.8 Å². The van der Waals surface area contributed by atoms with Crippen molar-refractivity contribution in [3.8, 4) is 0 Å². The molecule has 2 aromatic rings. The van der Waals surface area contributed by atoms with Gasteiger partial charge < -0.3 is 11.1 Å². The molecule has 104 valence electrons. The van der Waals surface area contributed by atoms with E-state index in [1.807, 2.05) is 0 Å². The number of halogens is 3. The zero-order valence-corrected chi connectivity index (χ0v) is 11.8. The lowest BCUT2D eigenvalue weighted by molar-refractivity contribution is -0.115. The summed E-state index contributed by atoms with van der Waals surface area (Å²) in [6, 6.07) is 8.98. The monoisotopic (exact) mass is 312 g/mol. The van der Waals surface area contributed by atoms with Gasteiger partial charge in [0.25, 0.3) is 0 Å². The first kappa shape index (κ1) is 14.6. The van der Waals surface area contributed by atoms with Crippen LogP contribution in [0.15, 0.2) is 36.4 Å². The van der Waals surface area contributed by atoms with Crippen LogP contribution in [0.4, 0.5) is 15.8 Å². The quantitative estimate of drug-likeness (QED) is 0.845. The number of carbonyl (C=O) groups excluding carboxylic acids is 1. The third-order valence-electron chi connectivity index (χ3n) is 2.67. The van der Waals surface area contributed by atoms with Gasteiger partial charge in [0.2, 0.25) is 5.91 Å². The van der Waals surface area contributed by atoms with E-state index in [1.54, 1.807) is 12.1 Å². The largest absolute Gasteiger partial charge is 0.399 e. The highest BCUT2D eigenvalue weighted by Gasteiger charge is 2.13. The fraction of sp³-hybridized carbons (Fsp3) is 0.0714. The second-order valence-corrected chi connectivity index (χ2v) is 4.98.